The van der Waals surface area contributed by atoms with Crippen LogP contribution in [0.5, 0.6) is 11.5 Å². The van der Waals surface area contributed by atoms with Crippen LogP contribution in [0.4, 0.5) is 0 Å². The van der Waals surface area contributed by atoms with Crippen LogP contribution in [0.2, 0.25) is 0 Å². The fourth-order valence-corrected chi connectivity index (χ4v) is 3.67. The zero-order valence-electron chi connectivity index (χ0n) is 12.5. The van der Waals surface area contributed by atoms with Gasteiger partial charge in [-0.05, 0) is 45.7 Å². The second kappa shape index (κ2) is 4.52. The SMILES string of the molecule is CC1=C[C@H]2c3c(ccc(C(=O)O)c3O)OC(C)(C)[C@@H]2CC1. The average Bonchev–Trinajstić information content (AvgIpc) is 2.37. The molecule has 0 spiro atoms. The molecule has 0 bridgehead atoms. The summed E-state index contributed by atoms with van der Waals surface area (Å²) in [7, 11) is 0. The number of aromatic carboxylic acids is 1. The molecule has 1 heterocycles. The number of carboxylic acid groups (broad SMARTS) is 1. The normalized spacial score (nSPS) is 26.1. The summed E-state index contributed by atoms with van der Waals surface area (Å²) in [4.78, 5) is 11.2. The molecular formula is C17H20O4. The first kappa shape index (κ1) is 14.0. The predicted molar refractivity (Wildman–Crippen MR) is 79.0 cm³/mol. The molecule has 2 aliphatic rings. The van der Waals surface area contributed by atoms with E-state index >= 15 is 0 Å². The highest BCUT2D eigenvalue weighted by Crippen LogP contribution is 2.53. The average molecular weight is 288 g/mol. The zero-order valence-corrected chi connectivity index (χ0v) is 12.5. The molecule has 4 heteroatoms. The Hall–Kier alpha value is -1.97. The number of allylic oxidation sites excluding steroid dienone is 2. The summed E-state index contributed by atoms with van der Waals surface area (Å²) in [6.07, 6.45) is 4.15. The zero-order chi connectivity index (χ0) is 15.4. The number of fused-ring (bicyclic) bond motifs is 3. The van der Waals surface area contributed by atoms with Gasteiger partial charge >= 0.3 is 5.97 Å². The number of aromatic hydroxyl groups is 1. The van der Waals surface area contributed by atoms with Gasteiger partial charge in [0.15, 0.2) is 0 Å². The summed E-state index contributed by atoms with van der Waals surface area (Å²) < 4.78 is 6.06. The Morgan fingerprint density at radius 3 is 2.76 bits per heavy atom. The standard InChI is InChI=1S/C17H20O4/c1-9-4-6-12-11(8-9)14-13(21-17(12,2)3)7-5-10(15(14)18)16(19)20/h5,7-8,11-12,18H,4,6H2,1-3H3,(H,19,20)/t11-,12-/m1/s1. The number of phenols is 1. The summed E-state index contributed by atoms with van der Waals surface area (Å²) in [5, 5.41) is 19.6. The number of carboxylic acids is 1. The number of rotatable bonds is 1. The van der Waals surface area contributed by atoms with Crippen LogP contribution in [-0.4, -0.2) is 21.8 Å². The van der Waals surface area contributed by atoms with Gasteiger partial charge in [0.2, 0.25) is 0 Å². The number of hydrogen-bond donors (Lipinski definition) is 2. The van der Waals surface area contributed by atoms with E-state index in [1.807, 2.05) is 0 Å². The van der Waals surface area contributed by atoms with Crippen molar-refractivity contribution in [3.63, 3.8) is 0 Å². The highest BCUT2D eigenvalue weighted by atomic mass is 16.5. The van der Waals surface area contributed by atoms with Crippen LogP contribution in [0.15, 0.2) is 23.8 Å². The van der Waals surface area contributed by atoms with E-state index in [0.717, 1.165) is 12.8 Å². The summed E-state index contributed by atoms with van der Waals surface area (Å²) in [6.45, 7) is 6.20. The molecule has 0 unspecified atom stereocenters. The number of benzene rings is 1. The van der Waals surface area contributed by atoms with E-state index in [0.29, 0.717) is 11.3 Å². The van der Waals surface area contributed by atoms with Crippen molar-refractivity contribution in [2.75, 3.05) is 0 Å². The number of ether oxygens (including phenoxy) is 1. The summed E-state index contributed by atoms with van der Waals surface area (Å²) in [5.74, 6) is -0.431. The van der Waals surface area contributed by atoms with Crippen molar-refractivity contribution >= 4 is 5.97 Å². The second-order valence-electron chi connectivity index (χ2n) is 6.57. The molecule has 1 aliphatic carbocycles. The van der Waals surface area contributed by atoms with Gasteiger partial charge < -0.3 is 14.9 Å². The van der Waals surface area contributed by atoms with Gasteiger partial charge in [0.25, 0.3) is 0 Å². The summed E-state index contributed by atoms with van der Waals surface area (Å²) in [6, 6.07) is 3.07. The van der Waals surface area contributed by atoms with Crippen molar-refractivity contribution in [3.8, 4) is 11.5 Å². The Morgan fingerprint density at radius 1 is 1.38 bits per heavy atom. The van der Waals surface area contributed by atoms with Gasteiger partial charge in [0.1, 0.15) is 22.7 Å². The summed E-state index contributed by atoms with van der Waals surface area (Å²) >= 11 is 0. The lowest BCUT2D eigenvalue weighted by atomic mass is 9.68. The molecule has 4 nitrogen and oxygen atoms in total. The predicted octanol–water partition coefficient (Wildman–Crippen LogP) is 3.70. The van der Waals surface area contributed by atoms with E-state index in [9.17, 15) is 15.0 Å². The maximum absolute atomic E-state index is 11.2. The van der Waals surface area contributed by atoms with Crippen molar-refractivity contribution in [3.05, 3.63) is 34.9 Å². The lowest BCUT2D eigenvalue weighted by molar-refractivity contribution is 0.0107. The van der Waals surface area contributed by atoms with Crippen molar-refractivity contribution < 1.29 is 19.7 Å². The molecule has 1 aliphatic heterocycles. The van der Waals surface area contributed by atoms with E-state index in [4.69, 9.17) is 4.74 Å². The molecule has 3 rings (SSSR count). The van der Waals surface area contributed by atoms with Crippen molar-refractivity contribution in [1.82, 2.24) is 0 Å². The van der Waals surface area contributed by atoms with Crippen LogP contribution < -0.4 is 4.74 Å². The first-order valence-electron chi connectivity index (χ1n) is 7.26. The lowest BCUT2D eigenvalue weighted by Crippen LogP contribution is -2.45. The Bertz CT molecular complexity index is 642. The van der Waals surface area contributed by atoms with Gasteiger partial charge in [-0.15, -0.1) is 0 Å². The van der Waals surface area contributed by atoms with Crippen LogP contribution in [0.1, 0.15) is 55.5 Å². The van der Waals surface area contributed by atoms with Gasteiger partial charge in [-0.3, -0.25) is 0 Å². The molecule has 0 radical (unpaired) electrons. The van der Waals surface area contributed by atoms with Gasteiger partial charge in [0.05, 0.1) is 0 Å². The maximum Gasteiger partial charge on any atom is 0.339 e. The minimum absolute atomic E-state index is 0.0109. The third-order valence-electron chi connectivity index (χ3n) is 4.75. The van der Waals surface area contributed by atoms with Gasteiger partial charge in [-0.1, -0.05) is 11.6 Å². The number of hydrogen-bond acceptors (Lipinski definition) is 3. The molecule has 0 amide bonds. The fourth-order valence-electron chi connectivity index (χ4n) is 3.67. The Morgan fingerprint density at radius 2 is 2.10 bits per heavy atom. The van der Waals surface area contributed by atoms with Crippen LogP contribution >= 0.6 is 0 Å². The van der Waals surface area contributed by atoms with E-state index in [-0.39, 0.29) is 28.7 Å². The molecule has 2 N–H and O–H groups in total. The Kier molecular flexibility index (Phi) is 3.01. The lowest BCUT2D eigenvalue weighted by Gasteiger charge is -2.46. The molecule has 1 aromatic rings. The third-order valence-corrected chi connectivity index (χ3v) is 4.75. The molecule has 0 saturated carbocycles. The molecule has 21 heavy (non-hydrogen) atoms. The first-order chi connectivity index (χ1) is 9.81. The van der Waals surface area contributed by atoms with Crippen LogP contribution in [0.25, 0.3) is 0 Å². The molecule has 0 saturated heterocycles. The molecular weight excluding hydrogens is 268 g/mol. The Balaban J connectivity index is 2.23. The fraction of sp³-hybridized carbons (Fsp3) is 0.471. The molecule has 2 atom stereocenters. The van der Waals surface area contributed by atoms with Gasteiger partial charge in [0, 0.05) is 17.4 Å². The minimum atomic E-state index is -1.12. The first-order valence-corrected chi connectivity index (χ1v) is 7.26. The summed E-state index contributed by atoms with van der Waals surface area (Å²) in [5.41, 5.74) is 1.51. The van der Waals surface area contributed by atoms with E-state index in [1.54, 1.807) is 6.07 Å². The molecule has 0 aromatic heterocycles. The van der Waals surface area contributed by atoms with Crippen molar-refractivity contribution in [1.29, 1.82) is 0 Å². The third kappa shape index (κ3) is 2.09. The van der Waals surface area contributed by atoms with E-state index in [2.05, 4.69) is 26.8 Å². The monoisotopic (exact) mass is 288 g/mol. The van der Waals surface area contributed by atoms with Crippen LogP contribution in [0, 0.1) is 5.92 Å². The van der Waals surface area contributed by atoms with Crippen molar-refractivity contribution in [2.24, 2.45) is 5.92 Å². The smallest absolute Gasteiger partial charge is 0.339 e. The van der Waals surface area contributed by atoms with Crippen LogP contribution in [-0.2, 0) is 0 Å². The van der Waals surface area contributed by atoms with E-state index < -0.39 is 5.97 Å². The molecule has 1 aromatic carbocycles. The quantitative estimate of drug-likeness (QED) is 0.773. The highest BCUT2D eigenvalue weighted by Gasteiger charge is 2.45. The van der Waals surface area contributed by atoms with Crippen molar-refractivity contribution in [2.45, 2.75) is 45.1 Å². The Labute approximate surface area is 124 Å². The highest BCUT2D eigenvalue weighted by molar-refractivity contribution is 5.92. The topological polar surface area (TPSA) is 66.8 Å². The second-order valence-corrected chi connectivity index (χ2v) is 6.57. The molecule has 112 valence electrons. The van der Waals surface area contributed by atoms with Crippen LogP contribution in [0.3, 0.4) is 0 Å². The maximum atomic E-state index is 11.2. The number of carbonyl (C=O) groups is 1. The minimum Gasteiger partial charge on any atom is -0.507 e. The van der Waals surface area contributed by atoms with Gasteiger partial charge in [-0.25, -0.2) is 4.79 Å². The molecule has 0 fully saturated rings. The largest absolute Gasteiger partial charge is 0.507 e. The van der Waals surface area contributed by atoms with Gasteiger partial charge in [-0.2, -0.15) is 0 Å². The van der Waals surface area contributed by atoms with E-state index in [1.165, 1.54) is 11.6 Å².